The Balaban J connectivity index is 3.23. The molecular weight excluding hydrogens is 136 g/mol. The van der Waals surface area contributed by atoms with Gasteiger partial charge in [0, 0.05) is 5.69 Å². The van der Waals surface area contributed by atoms with Gasteiger partial charge in [0.25, 0.3) is 0 Å². The van der Waals surface area contributed by atoms with E-state index >= 15 is 0 Å². The van der Waals surface area contributed by atoms with E-state index in [-0.39, 0.29) is 0 Å². The fraction of sp³-hybridized carbons (Fsp3) is 0.222. The van der Waals surface area contributed by atoms with Gasteiger partial charge in [-0.2, -0.15) is 0 Å². The van der Waals surface area contributed by atoms with Gasteiger partial charge in [-0.25, -0.2) is 0 Å². The molecule has 1 aromatic heterocycles. The van der Waals surface area contributed by atoms with Gasteiger partial charge in [-0.05, 0) is 25.5 Å². The van der Waals surface area contributed by atoms with Crippen molar-refractivity contribution in [1.29, 1.82) is 0 Å². The van der Waals surface area contributed by atoms with Gasteiger partial charge in [-0.15, -0.1) is 0 Å². The molecule has 0 aliphatic heterocycles. The summed E-state index contributed by atoms with van der Waals surface area (Å²) in [4.78, 5) is 4.25. The number of pyridine rings is 1. The van der Waals surface area contributed by atoms with Crippen LogP contribution >= 0.6 is 0 Å². The molecule has 0 atom stereocenters. The Morgan fingerprint density at radius 2 is 2.09 bits per heavy atom. The summed E-state index contributed by atoms with van der Waals surface area (Å²) in [5.74, 6) is 0. The van der Waals surface area contributed by atoms with Gasteiger partial charge in [0.2, 0.25) is 0 Å². The molecule has 1 heterocycles. The standard InChI is InChI=1S/C9H12N2/c1-6-4-5-7(2)11-9(6)8(3)10/h4-5H,3,10H2,1-2H3. The number of aromatic nitrogens is 1. The summed E-state index contributed by atoms with van der Waals surface area (Å²) in [5, 5.41) is 0. The van der Waals surface area contributed by atoms with Crippen molar-refractivity contribution in [3.63, 3.8) is 0 Å². The van der Waals surface area contributed by atoms with Gasteiger partial charge in [0.05, 0.1) is 11.4 Å². The highest BCUT2D eigenvalue weighted by molar-refractivity contribution is 5.59. The van der Waals surface area contributed by atoms with Crippen LogP contribution in [0.2, 0.25) is 0 Å². The Kier molecular flexibility index (Phi) is 1.94. The van der Waals surface area contributed by atoms with Crippen molar-refractivity contribution in [3.05, 3.63) is 35.7 Å². The summed E-state index contributed by atoms with van der Waals surface area (Å²) in [5.41, 5.74) is 8.91. The number of aryl methyl sites for hydroxylation is 2. The first-order chi connectivity index (χ1) is 5.11. The summed E-state index contributed by atoms with van der Waals surface area (Å²) < 4.78 is 0. The molecule has 1 rings (SSSR count). The van der Waals surface area contributed by atoms with Crippen molar-refractivity contribution >= 4 is 5.70 Å². The highest BCUT2D eigenvalue weighted by Gasteiger charge is 1.99. The minimum Gasteiger partial charge on any atom is -0.397 e. The number of rotatable bonds is 1. The first-order valence-electron chi connectivity index (χ1n) is 3.50. The summed E-state index contributed by atoms with van der Waals surface area (Å²) in [6.45, 7) is 7.55. The number of hydrogen-bond donors (Lipinski definition) is 1. The van der Waals surface area contributed by atoms with Crippen LogP contribution < -0.4 is 5.73 Å². The van der Waals surface area contributed by atoms with E-state index in [0.717, 1.165) is 17.0 Å². The van der Waals surface area contributed by atoms with E-state index in [1.54, 1.807) is 0 Å². The lowest BCUT2D eigenvalue weighted by Gasteiger charge is -2.03. The van der Waals surface area contributed by atoms with Crippen molar-refractivity contribution in [3.8, 4) is 0 Å². The smallest absolute Gasteiger partial charge is 0.0885 e. The highest BCUT2D eigenvalue weighted by atomic mass is 14.8. The SMILES string of the molecule is C=C(N)c1nc(C)ccc1C. The van der Waals surface area contributed by atoms with Crippen LogP contribution in [0, 0.1) is 13.8 Å². The van der Waals surface area contributed by atoms with Crippen molar-refractivity contribution in [2.75, 3.05) is 0 Å². The lowest BCUT2D eigenvalue weighted by Crippen LogP contribution is -2.00. The summed E-state index contributed by atoms with van der Waals surface area (Å²) in [6.07, 6.45) is 0. The molecule has 0 saturated carbocycles. The molecule has 0 amide bonds. The van der Waals surface area contributed by atoms with Crippen LogP contribution in [0.1, 0.15) is 17.0 Å². The molecule has 1 aromatic rings. The van der Waals surface area contributed by atoms with E-state index in [2.05, 4.69) is 11.6 Å². The van der Waals surface area contributed by atoms with Gasteiger partial charge in [-0.1, -0.05) is 12.6 Å². The van der Waals surface area contributed by atoms with Crippen molar-refractivity contribution < 1.29 is 0 Å². The molecule has 0 radical (unpaired) electrons. The van der Waals surface area contributed by atoms with Crippen molar-refractivity contribution in [2.24, 2.45) is 5.73 Å². The fourth-order valence-corrected chi connectivity index (χ4v) is 0.951. The average molecular weight is 148 g/mol. The third-order valence-electron chi connectivity index (χ3n) is 1.54. The lowest BCUT2D eigenvalue weighted by atomic mass is 10.1. The summed E-state index contributed by atoms with van der Waals surface area (Å²) in [7, 11) is 0. The highest BCUT2D eigenvalue weighted by Crippen LogP contribution is 2.10. The summed E-state index contributed by atoms with van der Waals surface area (Å²) >= 11 is 0. The first-order valence-corrected chi connectivity index (χ1v) is 3.50. The molecule has 0 unspecified atom stereocenters. The maximum Gasteiger partial charge on any atom is 0.0885 e. The maximum absolute atomic E-state index is 5.53. The minimum absolute atomic E-state index is 0.534. The molecule has 0 aliphatic carbocycles. The van der Waals surface area contributed by atoms with Gasteiger partial charge >= 0.3 is 0 Å². The molecule has 0 bridgehead atoms. The van der Waals surface area contributed by atoms with Crippen molar-refractivity contribution in [2.45, 2.75) is 13.8 Å². The molecule has 0 aromatic carbocycles. The van der Waals surface area contributed by atoms with Crippen LogP contribution in [0.25, 0.3) is 5.70 Å². The molecule has 2 heteroatoms. The molecule has 0 spiro atoms. The number of nitrogens with two attached hydrogens (primary N) is 1. The Morgan fingerprint density at radius 1 is 1.45 bits per heavy atom. The molecule has 0 fully saturated rings. The Labute approximate surface area is 66.8 Å². The normalized spacial score (nSPS) is 9.64. The van der Waals surface area contributed by atoms with E-state index < -0.39 is 0 Å². The Morgan fingerprint density at radius 3 is 2.55 bits per heavy atom. The minimum atomic E-state index is 0.534. The van der Waals surface area contributed by atoms with Crippen LogP contribution in [-0.4, -0.2) is 4.98 Å². The predicted octanol–water partition coefficient (Wildman–Crippen LogP) is 1.63. The van der Waals surface area contributed by atoms with Crippen LogP contribution in [0.15, 0.2) is 18.7 Å². The zero-order valence-corrected chi connectivity index (χ0v) is 6.89. The first kappa shape index (κ1) is 7.79. The second-order valence-corrected chi connectivity index (χ2v) is 2.64. The Hall–Kier alpha value is -1.31. The molecule has 2 N–H and O–H groups in total. The van der Waals surface area contributed by atoms with E-state index in [0.29, 0.717) is 5.70 Å². The van der Waals surface area contributed by atoms with Crippen LogP contribution in [0.5, 0.6) is 0 Å². The second-order valence-electron chi connectivity index (χ2n) is 2.64. The monoisotopic (exact) mass is 148 g/mol. The van der Waals surface area contributed by atoms with Crippen LogP contribution in [-0.2, 0) is 0 Å². The molecule has 0 aliphatic rings. The van der Waals surface area contributed by atoms with Gasteiger partial charge < -0.3 is 5.73 Å². The molecule has 0 saturated heterocycles. The maximum atomic E-state index is 5.53. The van der Waals surface area contributed by atoms with Gasteiger partial charge in [0.15, 0.2) is 0 Å². The quantitative estimate of drug-likeness (QED) is 0.657. The molecule has 11 heavy (non-hydrogen) atoms. The second kappa shape index (κ2) is 2.74. The zero-order chi connectivity index (χ0) is 8.43. The third-order valence-corrected chi connectivity index (χ3v) is 1.54. The molecule has 2 nitrogen and oxygen atoms in total. The average Bonchev–Trinajstić information content (AvgIpc) is 1.94. The molecule has 58 valence electrons. The van der Waals surface area contributed by atoms with E-state index in [4.69, 9.17) is 5.73 Å². The van der Waals surface area contributed by atoms with E-state index in [9.17, 15) is 0 Å². The number of nitrogens with zero attached hydrogens (tertiary/aromatic N) is 1. The summed E-state index contributed by atoms with van der Waals surface area (Å²) in [6, 6.07) is 3.96. The van der Waals surface area contributed by atoms with E-state index in [1.165, 1.54) is 0 Å². The van der Waals surface area contributed by atoms with Crippen molar-refractivity contribution in [1.82, 2.24) is 4.98 Å². The lowest BCUT2D eigenvalue weighted by molar-refractivity contribution is 1.13. The molecular formula is C9H12N2. The van der Waals surface area contributed by atoms with E-state index in [1.807, 2.05) is 26.0 Å². The largest absolute Gasteiger partial charge is 0.397 e. The topological polar surface area (TPSA) is 38.9 Å². The fourth-order valence-electron chi connectivity index (χ4n) is 0.951. The predicted molar refractivity (Wildman–Crippen MR) is 46.9 cm³/mol. The Bertz CT molecular complexity index is 290. The van der Waals surface area contributed by atoms with Crippen LogP contribution in [0.3, 0.4) is 0 Å². The zero-order valence-electron chi connectivity index (χ0n) is 6.89. The van der Waals surface area contributed by atoms with Crippen LogP contribution in [0.4, 0.5) is 0 Å². The number of hydrogen-bond acceptors (Lipinski definition) is 2. The van der Waals surface area contributed by atoms with Gasteiger partial charge in [0.1, 0.15) is 0 Å². The third kappa shape index (κ3) is 1.58. The van der Waals surface area contributed by atoms with Gasteiger partial charge in [-0.3, -0.25) is 4.98 Å².